The maximum absolute atomic E-state index is 11.5. The van der Waals surface area contributed by atoms with E-state index in [1.54, 1.807) is 18.2 Å². The van der Waals surface area contributed by atoms with E-state index in [0.717, 1.165) is 5.56 Å². The molecule has 3 rings (SSSR count). The van der Waals surface area contributed by atoms with Crippen molar-refractivity contribution in [2.24, 2.45) is 0 Å². The summed E-state index contributed by atoms with van der Waals surface area (Å²) in [6, 6.07) is 9.59. The van der Waals surface area contributed by atoms with Crippen molar-refractivity contribution in [3.8, 4) is 23.0 Å². The number of ether oxygens (including phenoxy) is 2. The molecule has 2 aromatic rings. The van der Waals surface area contributed by atoms with E-state index in [-0.39, 0.29) is 24.0 Å². The Balaban J connectivity index is 1.97. The molecule has 0 radical (unpaired) electrons. The zero-order valence-electron chi connectivity index (χ0n) is 13.6. The number of rotatable bonds is 4. The predicted octanol–water partition coefficient (Wildman–Crippen LogP) is 1.61. The number of amides is 1. The van der Waals surface area contributed by atoms with Crippen LogP contribution in [0.1, 0.15) is 24.2 Å². The second kappa shape index (κ2) is 6.90. The van der Waals surface area contributed by atoms with Gasteiger partial charge in [-0.05, 0) is 36.2 Å². The van der Waals surface area contributed by atoms with Crippen LogP contribution in [0.25, 0.3) is 0 Å². The van der Waals surface area contributed by atoms with Crippen molar-refractivity contribution in [3.63, 3.8) is 0 Å². The number of aliphatic hydroxyl groups is 1. The van der Waals surface area contributed by atoms with Crippen molar-refractivity contribution >= 4 is 5.91 Å². The molecule has 1 amide bonds. The summed E-state index contributed by atoms with van der Waals surface area (Å²) < 4.78 is 11.8. The number of phenolic OH excluding ortho intramolecular Hbond substituents is 2. The van der Waals surface area contributed by atoms with E-state index < -0.39 is 12.3 Å². The molecule has 0 saturated heterocycles. The highest BCUT2D eigenvalue weighted by atomic mass is 16.6. The number of hydrogen-bond acceptors (Lipinski definition) is 6. The molecule has 7 heteroatoms. The van der Waals surface area contributed by atoms with E-state index in [4.69, 9.17) is 14.6 Å². The third kappa shape index (κ3) is 3.61. The second-order valence-electron chi connectivity index (χ2n) is 5.78. The minimum absolute atomic E-state index is 0.0173. The number of aliphatic hydroxyl groups excluding tert-OH is 1. The molecular weight excluding hydrogens is 326 g/mol. The maximum atomic E-state index is 11.5. The van der Waals surface area contributed by atoms with Gasteiger partial charge in [-0.25, -0.2) is 0 Å². The lowest BCUT2D eigenvalue weighted by atomic mass is 10.0. The van der Waals surface area contributed by atoms with Gasteiger partial charge in [0.1, 0.15) is 0 Å². The van der Waals surface area contributed by atoms with E-state index in [1.807, 2.05) is 6.07 Å². The fraction of sp³-hybridized carbons (Fsp3) is 0.278. The third-order valence-electron chi connectivity index (χ3n) is 3.86. The molecule has 4 N–H and O–H groups in total. The van der Waals surface area contributed by atoms with E-state index in [1.165, 1.54) is 19.1 Å². The molecule has 2 atom stereocenters. The number of phenols is 2. The topological polar surface area (TPSA) is 108 Å². The Morgan fingerprint density at radius 2 is 1.88 bits per heavy atom. The van der Waals surface area contributed by atoms with Crippen LogP contribution in [0, 0.1) is 0 Å². The lowest BCUT2D eigenvalue weighted by molar-refractivity contribution is -0.124. The van der Waals surface area contributed by atoms with Crippen LogP contribution < -0.4 is 14.8 Å². The number of benzene rings is 2. The minimum atomic E-state index is -0.794. The molecule has 1 heterocycles. The first-order chi connectivity index (χ1) is 12.0. The van der Waals surface area contributed by atoms with Crippen molar-refractivity contribution in [1.29, 1.82) is 0 Å². The average Bonchev–Trinajstić information content (AvgIpc) is 2.57. The first-order valence-electron chi connectivity index (χ1n) is 7.84. The van der Waals surface area contributed by atoms with Gasteiger partial charge in [0.05, 0.1) is 0 Å². The zero-order chi connectivity index (χ0) is 18.0. The maximum Gasteiger partial charge on any atom is 0.219 e. The van der Waals surface area contributed by atoms with Gasteiger partial charge in [-0.3, -0.25) is 4.79 Å². The van der Waals surface area contributed by atoms with E-state index in [0.29, 0.717) is 23.5 Å². The average molecular weight is 345 g/mol. The second-order valence-corrected chi connectivity index (χ2v) is 5.78. The Bertz CT molecular complexity index is 791. The summed E-state index contributed by atoms with van der Waals surface area (Å²) in [5, 5.41) is 31.0. The summed E-state index contributed by atoms with van der Waals surface area (Å²) in [6.07, 6.45) is -1.03. The molecule has 25 heavy (non-hydrogen) atoms. The Hall–Kier alpha value is -2.93. The van der Waals surface area contributed by atoms with Crippen molar-refractivity contribution in [1.82, 2.24) is 5.32 Å². The number of aromatic hydroxyl groups is 2. The van der Waals surface area contributed by atoms with Crippen LogP contribution in [0.15, 0.2) is 36.4 Å². The first-order valence-corrected chi connectivity index (χ1v) is 7.84. The van der Waals surface area contributed by atoms with Gasteiger partial charge in [0, 0.05) is 19.1 Å². The van der Waals surface area contributed by atoms with Crippen molar-refractivity contribution in [3.05, 3.63) is 47.5 Å². The van der Waals surface area contributed by atoms with Crippen LogP contribution >= 0.6 is 0 Å². The molecule has 1 aliphatic rings. The molecule has 0 bridgehead atoms. The quantitative estimate of drug-likeness (QED) is 0.627. The van der Waals surface area contributed by atoms with Gasteiger partial charge in [0.25, 0.3) is 0 Å². The van der Waals surface area contributed by atoms with E-state index in [2.05, 4.69) is 5.32 Å². The standard InChI is InChI=1S/C18H19NO6/c1-10(21)19-18-17(12-3-4-13(22)14(23)9-12)24-16-8-11(6-7-20)2-5-15(16)25-18/h2-5,8-9,17-18,20,22-23H,6-7H2,1H3,(H,19,21)/t17-,18+/m0/s1. The van der Waals surface area contributed by atoms with Gasteiger partial charge in [-0.1, -0.05) is 12.1 Å². The number of fused-ring (bicyclic) bond motifs is 1. The number of nitrogens with one attached hydrogen (secondary N) is 1. The van der Waals surface area contributed by atoms with Gasteiger partial charge in [-0.15, -0.1) is 0 Å². The number of carbonyl (C=O) groups is 1. The van der Waals surface area contributed by atoms with Gasteiger partial charge >= 0.3 is 0 Å². The molecule has 0 fully saturated rings. The Kier molecular flexibility index (Phi) is 4.67. The van der Waals surface area contributed by atoms with Crippen LogP contribution in [-0.4, -0.2) is 34.1 Å². The molecule has 0 aromatic heterocycles. The summed E-state index contributed by atoms with van der Waals surface area (Å²) in [4.78, 5) is 11.5. The SMILES string of the molecule is CC(=O)N[C@@H]1Oc2ccc(CCO)cc2O[C@H]1c1ccc(O)c(O)c1. The largest absolute Gasteiger partial charge is 0.504 e. The number of carbonyl (C=O) groups excluding carboxylic acids is 1. The molecule has 132 valence electrons. The summed E-state index contributed by atoms with van der Waals surface area (Å²) >= 11 is 0. The fourth-order valence-corrected chi connectivity index (χ4v) is 2.69. The highest BCUT2D eigenvalue weighted by Crippen LogP contribution is 2.40. The van der Waals surface area contributed by atoms with Crippen LogP contribution in [0.3, 0.4) is 0 Å². The molecule has 2 aromatic carbocycles. The Labute approximate surface area is 144 Å². The molecule has 7 nitrogen and oxygen atoms in total. The molecule has 0 aliphatic carbocycles. The van der Waals surface area contributed by atoms with Gasteiger partial charge in [-0.2, -0.15) is 0 Å². The van der Waals surface area contributed by atoms with Crippen molar-refractivity contribution in [2.45, 2.75) is 25.7 Å². The molecule has 0 saturated carbocycles. The summed E-state index contributed by atoms with van der Waals surface area (Å²) in [5.74, 6) is 0.122. The van der Waals surface area contributed by atoms with Crippen LogP contribution in [0.5, 0.6) is 23.0 Å². The Morgan fingerprint density at radius 3 is 2.56 bits per heavy atom. The zero-order valence-corrected chi connectivity index (χ0v) is 13.6. The molecule has 1 aliphatic heterocycles. The molecular formula is C18H19NO6. The van der Waals surface area contributed by atoms with Crippen LogP contribution in [-0.2, 0) is 11.2 Å². The van der Waals surface area contributed by atoms with Gasteiger partial charge in [0.2, 0.25) is 12.1 Å². The Morgan fingerprint density at radius 1 is 1.08 bits per heavy atom. The predicted molar refractivity (Wildman–Crippen MR) is 88.6 cm³/mol. The fourth-order valence-electron chi connectivity index (χ4n) is 2.69. The van der Waals surface area contributed by atoms with Crippen LogP contribution in [0.4, 0.5) is 0 Å². The van der Waals surface area contributed by atoms with Crippen molar-refractivity contribution in [2.75, 3.05) is 6.61 Å². The van der Waals surface area contributed by atoms with Gasteiger partial charge < -0.3 is 30.1 Å². The normalized spacial score (nSPS) is 18.6. The van der Waals surface area contributed by atoms with Crippen LogP contribution in [0.2, 0.25) is 0 Å². The lowest BCUT2D eigenvalue weighted by Crippen LogP contribution is -2.46. The lowest BCUT2D eigenvalue weighted by Gasteiger charge is -2.34. The monoisotopic (exact) mass is 345 g/mol. The summed E-state index contributed by atoms with van der Waals surface area (Å²) in [7, 11) is 0. The summed E-state index contributed by atoms with van der Waals surface area (Å²) in [6.45, 7) is 1.39. The van der Waals surface area contributed by atoms with Gasteiger partial charge in [0.15, 0.2) is 29.1 Å². The van der Waals surface area contributed by atoms with E-state index in [9.17, 15) is 15.0 Å². The van der Waals surface area contributed by atoms with Crippen molar-refractivity contribution < 1.29 is 29.6 Å². The van der Waals surface area contributed by atoms with E-state index >= 15 is 0 Å². The minimum Gasteiger partial charge on any atom is -0.504 e. The molecule has 0 unspecified atom stereocenters. The third-order valence-corrected chi connectivity index (χ3v) is 3.86. The molecule has 0 spiro atoms. The smallest absolute Gasteiger partial charge is 0.219 e. The highest BCUT2D eigenvalue weighted by Gasteiger charge is 2.34. The summed E-state index contributed by atoms with van der Waals surface area (Å²) in [5.41, 5.74) is 1.42. The highest BCUT2D eigenvalue weighted by molar-refractivity contribution is 5.73. The number of hydrogen-bond donors (Lipinski definition) is 4. The first kappa shape index (κ1) is 16.9.